The minimum Gasteiger partial charge on any atom is -0.459 e. The summed E-state index contributed by atoms with van der Waals surface area (Å²) in [5.74, 6) is 0.364. The molecule has 1 saturated carbocycles. The molecule has 2 N–H and O–H groups in total. The van der Waals surface area contributed by atoms with Crippen molar-refractivity contribution in [3.63, 3.8) is 0 Å². The maximum atomic E-state index is 12.2. The summed E-state index contributed by atoms with van der Waals surface area (Å²) in [6.07, 6.45) is 2.87. The molecule has 1 aliphatic heterocycles. The fourth-order valence-corrected chi connectivity index (χ4v) is 3.29. The molecule has 1 aromatic heterocycles. The molecule has 4 rings (SSSR count). The molecular weight excluding hydrogens is 348 g/mol. The van der Waals surface area contributed by atoms with Crippen molar-refractivity contribution in [3.05, 3.63) is 54.0 Å². The quantitative estimate of drug-likeness (QED) is 0.813. The fourth-order valence-electron chi connectivity index (χ4n) is 3.29. The van der Waals surface area contributed by atoms with E-state index in [0.717, 1.165) is 12.8 Å². The molecule has 0 spiro atoms. The van der Waals surface area contributed by atoms with Gasteiger partial charge >= 0.3 is 0 Å². The number of nitrogens with one attached hydrogen (secondary N) is 1. The van der Waals surface area contributed by atoms with Crippen molar-refractivity contribution in [1.29, 1.82) is 0 Å². The van der Waals surface area contributed by atoms with E-state index in [-0.39, 0.29) is 24.2 Å². The maximum Gasteiger partial charge on any atom is 0.291 e. The molecule has 0 radical (unpaired) electrons. The van der Waals surface area contributed by atoms with Crippen molar-refractivity contribution in [3.8, 4) is 0 Å². The first-order chi connectivity index (χ1) is 13.1. The Kier molecular flexibility index (Phi) is 4.96. The van der Waals surface area contributed by atoms with E-state index >= 15 is 0 Å². The maximum absolute atomic E-state index is 12.2. The van der Waals surface area contributed by atoms with Crippen molar-refractivity contribution >= 4 is 17.5 Å². The molecule has 2 fully saturated rings. The second kappa shape index (κ2) is 7.54. The van der Waals surface area contributed by atoms with Crippen LogP contribution in [0.1, 0.15) is 35.1 Å². The lowest BCUT2D eigenvalue weighted by molar-refractivity contribution is -0.154. The Labute approximate surface area is 156 Å². The van der Waals surface area contributed by atoms with Gasteiger partial charge in [0, 0.05) is 12.2 Å². The van der Waals surface area contributed by atoms with Crippen molar-refractivity contribution in [2.75, 3.05) is 25.1 Å². The van der Waals surface area contributed by atoms with Crippen LogP contribution in [0.2, 0.25) is 0 Å². The molecule has 2 aromatic rings. The molecule has 7 heteroatoms. The Balaban J connectivity index is 1.44. The van der Waals surface area contributed by atoms with E-state index in [9.17, 15) is 14.7 Å². The summed E-state index contributed by atoms with van der Waals surface area (Å²) in [6, 6.07) is 9.77. The van der Waals surface area contributed by atoms with E-state index in [0.29, 0.717) is 30.3 Å². The first-order valence-electron chi connectivity index (χ1n) is 9.12. The van der Waals surface area contributed by atoms with Crippen LogP contribution in [0.4, 0.5) is 5.69 Å². The van der Waals surface area contributed by atoms with Gasteiger partial charge in [-0.15, -0.1) is 0 Å². The van der Waals surface area contributed by atoms with Crippen LogP contribution in [-0.4, -0.2) is 47.6 Å². The highest BCUT2D eigenvalue weighted by molar-refractivity contribution is 6.02. The zero-order valence-corrected chi connectivity index (χ0v) is 14.8. The Bertz CT molecular complexity index is 798. The van der Waals surface area contributed by atoms with Crippen LogP contribution in [0, 0.1) is 5.92 Å². The third kappa shape index (κ3) is 4.04. The first kappa shape index (κ1) is 17.8. The third-order valence-corrected chi connectivity index (χ3v) is 5.01. The summed E-state index contributed by atoms with van der Waals surface area (Å²) < 4.78 is 10.4. The molecule has 7 nitrogen and oxygen atoms in total. The number of aliphatic hydroxyl groups is 1. The largest absolute Gasteiger partial charge is 0.459 e. The van der Waals surface area contributed by atoms with Crippen molar-refractivity contribution in [2.24, 2.45) is 5.92 Å². The predicted molar refractivity (Wildman–Crippen MR) is 97.1 cm³/mol. The highest BCUT2D eigenvalue weighted by Gasteiger charge is 2.37. The minimum absolute atomic E-state index is 0.0699. The number of aliphatic hydroxyl groups excluding tert-OH is 1. The van der Waals surface area contributed by atoms with Gasteiger partial charge in [-0.2, -0.15) is 0 Å². The standard InChI is InChI=1S/C20H22N2O5/c23-18-12-26-11-16(22(18)10-13-3-4-13)19(24)14-5-7-15(8-6-14)21-20(25)17-2-1-9-27-17/h1-2,5-9,13,16,19,24H,3-4,10-12H2,(H,21,25). The number of anilines is 1. The average molecular weight is 370 g/mol. The summed E-state index contributed by atoms with van der Waals surface area (Å²) in [5, 5.41) is 13.6. The monoisotopic (exact) mass is 370 g/mol. The van der Waals surface area contributed by atoms with Crippen LogP contribution in [0.15, 0.2) is 47.1 Å². The lowest BCUT2D eigenvalue weighted by atomic mass is 9.99. The van der Waals surface area contributed by atoms with Crippen LogP contribution < -0.4 is 5.32 Å². The van der Waals surface area contributed by atoms with Crippen LogP contribution >= 0.6 is 0 Å². The zero-order chi connectivity index (χ0) is 18.8. The third-order valence-electron chi connectivity index (χ3n) is 5.01. The smallest absolute Gasteiger partial charge is 0.291 e. The molecule has 2 amide bonds. The molecule has 0 bridgehead atoms. The minimum atomic E-state index is -0.845. The van der Waals surface area contributed by atoms with E-state index in [4.69, 9.17) is 9.15 Å². The summed E-state index contributed by atoms with van der Waals surface area (Å²) in [4.78, 5) is 26.0. The van der Waals surface area contributed by atoms with Gasteiger partial charge in [0.25, 0.3) is 5.91 Å². The normalized spacial score (nSPS) is 21.1. The molecule has 1 aromatic carbocycles. The summed E-state index contributed by atoms with van der Waals surface area (Å²) in [6.45, 7) is 1.07. The molecule has 2 aliphatic rings. The van der Waals surface area contributed by atoms with Crippen LogP contribution in [0.3, 0.4) is 0 Å². The van der Waals surface area contributed by atoms with Gasteiger partial charge in [-0.05, 0) is 48.6 Å². The van der Waals surface area contributed by atoms with Crippen LogP contribution in [0.5, 0.6) is 0 Å². The number of furan rings is 1. The number of rotatable bonds is 6. The van der Waals surface area contributed by atoms with Gasteiger partial charge in [-0.3, -0.25) is 9.59 Å². The Morgan fingerprint density at radius 3 is 2.70 bits per heavy atom. The number of ether oxygens (including phenoxy) is 1. The highest BCUT2D eigenvalue weighted by Crippen LogP contribution is 2.33. The molecule has 1 saturated heterocycles. The number of benzene rings is 1. The molecule has 142 valence electrons. The zero-order valence-electron chi connectivity index (χ0n) is 14.8. The molecule has 27 heavy (non-hydrogen) atoms. The average Bonchev–Trinajstić information content (AvgIpc) is 3.32. The predicted octanol–water partition coefficient (Wildman–Crippen LogP) is 2.20. The second-order valence-corrected chi connectivity index (χ2v) is 7.07. The fraction of sp³-hybridized carbons (Fsp3) is 0.400. The molecule has 1 aliphatic carbocycles. The summed E-state index contributed by atoms with van der Waals surface area (Å²) in [7, 11) is 0. The van der Waals surface area contributed by atoms with Gasteiger partial charge in [-0.1, -0.05) is 12.1 Å². The van der Waals surface area contributed by atoms with Crippen molar-refractivity contribution < 1.29 is 23.8 Å². The van der Waals surface area contributed by atoms with E-state index in [1.807, 2.05) is 0 Å². The second-order valence-electron chi connectivity index (χ2n) is 7.07. The van der Waals surface area contributed by atoms with Gasteiger partial charge in [0.05, 0.1) is 18.9 Å². The molecular formula is C20H22N2O5. The molecule has 2 heterocycles. The topological polar surface area (TPSA) is 92.0 Å². The number of carbonyl (C=O) groups excluding carboxylic acids is 2. The number of hydrogen-bond acceptors (Lipinski definition) is 5. The van der Waals surface area contributed by atoms with E-state index in [1.54, 1.807) is 41.3 Å². The first-order valence-corrected chi connectivity index (χ1v) is 9.12. The van der Waals surface area contributed by atoms with Gasteiger partial charge in [0.2, 0.25) is 5.91 Å². The van der Waals surface area contributed by atoms with Crippen molar-refractivity contribution in [2.45, 2.75) is 25.0 Å². The number of morpholine rings is 1. The number of nitrogens with zero attached hydrogens (tertiary/aromatic N) is 1. The summed E-state index contributed by atoms with van der Waals surface area (Å²) >= 11 is 0. The molecule has 2 unspecified atom stereocenters. The van der Waals surface area contributed by atoms with Crippen LogP contribution in [-0.2, 0) is 9.53 Å². The van der Waals surface area contributed by atoms with Gasteiger partial charge in [0.1, 0.15) is 12.7 Å². The van der Waals surface area contributed by atoms with E-state index in [2.05, 4.69) is 5.32 Å². The van der Waals surface area contributed by atoms with E-state index in [1.165, 1.54) is 6.26 Å². The number of carbonyl (C=O) groups is 2. The lowest BCUT2D eigenvalue weighted by Crippen LogP contribution is -2.52. The Hall–Kier alpha value is -2.64. The van der Waals surface area contributed by atoms with Crippen LogP contribution in [0.25, 0.3) is 0 Å². The Morgan fingerprint density at radius 2 is 2.04 bits per heavy atom. The number of amides is 2. The number of hydrogen-bond donors (Lipinski definition) is 2. The van der Waals surface area contributed by atoms with Crippen molar-refractivity contribution in [1.82, 2.24) is 4.90 Å². The van der Waals surface area contributed by atoms with Gasteiger partial charge in [-0.25, -0.2) is 0 Å². The molecule has 2 atom stereocenters. The van der Waals surface area contributed by atoms with E-state index < -0.39 is 12.1 Å². The summed E-state index contributed by atoms with van der Waals surface area (Å²) in [5.41, 5.74) is 1.27. The van der Waals surface area contributed by atoms with Gasteiger partial charge < -0.3 is 24.5 Å². The highest BCUT2D eigenvalue weighted by atomic mass is 16.5. The van der Waals surface area contributed by atoms with Gasteiger partial charge in [0.15, 0.2) is 5.76 Å². The SMILES string of the molecule is O=C(Nc1ccc(C(O)C2COCC(=O)N2CC2CC2)cc1)c1ccco1. The lowest BCUT2D eigenvalue weighted by Gasteiger charge is -2.38. The Morgan fingerprint density at radius 1 is 1.26 bits per heavy atom.